The van der Waals surface area contributed by atoms with Crippen molar-refractivity contribution in [3.05, 3.63) is 121 Å². The summed E-state index contributed by atoms with van der Waals surface area (Å²) in [4.78, 5) is 17.2. The Hall–Kier alpha value is -5.14. The molecule has 0 aliphatic heterocycles. The quantitative estimate of drug-likeness (QED) is 0.228. The first-order chi connectivity index (χ1) is 19.3. The van der Waals surface area contributed by atoms with E-state index in [2.05, 4.69) is 90.0 Å². The van der Waals surface area contributed by atoms with Crippen LogP contribution in [0.4, 0.5) is 0 Å². The van der Waals surface area contributed by atoms with Crippen molar-refractivity contribution >= 4 is 21.8 Å². The second-order valence-corrected chi connectivity index (χ2v) is 9.52. The summed E-state index contributed by atoms with van der Waals surface area (Å²) in [6.07, 6.45) is 7.42. The van der Waals surface area contributed by atoms with Crippen molar-refractivity contribution in [3.8, 4) is 33.9 Å². The number of nitrogens with zero attached hydrogens (tertiary/aromatic N) is 4. The number of benzene rings is 2. The van der Waals surface area contributed by atoms with Gasteiger partial charge < -0.3 is 10.3 Å². The van der Waals surface area contributed by atoms with Crippen molar-refractivity contribution in [2.24, 2.45) is 0 Å². The van der Waals surface area contributed by atoms with Crippen molar-refractivity contribution in [1.29, 1.82) is 0 Å². The Morgan fingerprint density at radius 3 is 2.41 bits per heavy atom. The topological polar surface area (TPSA) is 95.2 Å². The summed E-state index contributed by atoms with van der Waals surface area (Å²) in [5.74, 6) is 0. The highest BCUT2D eigenvalue weighted by molar-refractivity contribution is 6.00. The van der Waals surface area contributed by atoms with E-state index in [-0.39, 0.29) is 0 Å². The molecule has 0 bridgehead atoms. The van der Waals surface area contributed by atoms with Crippen LogP contribution in [0, 0.1) is 0 Å². The van der Waals surface area contributed by atoms with Crippen LogP contribution in [-0.2, 0) is 13.1 Å². The Kier molecular flexibility index (Phi) is 5.88. The number of hydrogen-bond donors (Lipinski definition) is 3. The molecule has 5 aromatic heterocycles. The number of hydrogen-bond acceptors (Lipinski definition) is 5. The third-order valence-corrected chi connectivity index (χ3v) is 6.90. The molecule has 7 aromatic rings. The lowest BCUT2D eigenvalue weighted by molar-refractivity contribution is 0.691. The molecule has 0 aliphatic carbocycles. The summed E-state index contributed by atoms with van der Waals surface area (Å²) in [6, 6.07) is 28.9. The maximum Gasteiger partial charge on any atom is 0.116 e. The second-order valence-electron chi connectivity index (χ2n) is 9.52. The van der Waals surface area contributed by atoms with E-state index in [0.717, 1.165) is 74.4 Å². The van der Waals surface area contributed by atoms with Crippen LogP contribution in [0.3, 0.4) is 0 Å². The first kappa shape index (κ1) is 23.0. The van der Waals surface area contributed by atoms with Gasteiger partial charge in [-0.1, -0.05) is 42.5 Å². The van der Waals surface area contributed by atoms with E-state index < -0.39 is 0 Å². The lowest BCUT2D eigenvalue weighted by Gasteiger charge is -2.08. The van der Waals surface area contributed by atoms with Crippen molar-refractivity contribution in [3.63, 3.8) is 0 Å². The van der Waals surface area contributed by atoms with Crippen LogP contribution in [0.2, 0.25) is 0 Å². The van der Waals surface area contributed by atoms with Crippen LogP contribution >= 0.6 is 0 Å². The Morgan fingerprint density at radius 1 is 0.641 bits per heavy atom. The normalized spacial score (nSPS) is 11.4. The third-order valence-electron chi connectivity index (χ3n) is 6.90. The van der Waals surface area contributed by atoms with E-state index in [4.69, 9.17) is 0 Å². The van der Waals surface area contributed by atoms with E-state index in [1.165, 1.54) is 5.56 Å². The molecular weight excluding hydrogens is 482 g/mol. The molecule has 7 rings (SSSR count). The van der Waals surface area contributed by atoms with Crippen LogP contribution < -0.4 is 5.32 Å². The fourth-order valence-corrected chi connectivity index (χ4v) is 4.98. The van der Waals surface area contributed by atoms with Crippen LogP contribution in [0.5, 0.6) is 0 Å². The summed E-state index contributed by atoms with van der Waals surface area (Å²) < 4.78 is 0. The third kappa shape index (κ3) is 4.56. The van der Waals surface area contributed by atoms with Crippen molar-refractivity contribution in [2.45, 2.75) is 13.1 Å². The molecule has 5 heterocycles. The minimum absolute atomic E-state index is 0.747. The zero-order chi connectivity index (χ0) is 26.0. The highest BCUT2D eigenvalue weighted by Crippen LogP contribution is 2.34. The van der Waals surface area contributed by atoms with Gasteiger partial charge in [0, 0.05) is 59.7 Å². The molecule has 0 atom stereocenters. The molecule has 0 aliphatic rings. The molecule has 0 fully saturated rings. The Labute approximate surface area is 225 Å². The number of pyridine rings is 3. The molecule has 0 spiro atoms. The summed E-state index contributed by atoms with van der Waals surface area (Å²) in [5.41, 5.74) is 10.0. The molecule has 0 saturated carbocycles. The maximum absolute atomic E-state index is 4.67. The summed E-state index contributed by atoms with van der Waals surface area (Å²) in [7, 11) is 0. The van der Waals surface area contributed by atoms with E-state index in [9.17, 15) is 0 Å². The van der Waals surface area contributed by atoms with Crippen LogP contribution in [-0.4, -0.2) is 30.1 Å². The van der Waals surface area contributed by atoms with Gasteiger partial charge in [-0.05, 0) is 59.2 Å². The SMILES string of the molecule is c1ccc(CNCc2cncc(-c3ccc4[nH]nc(-c5cc6c(-c7ccccn7)nccc6[nH]5)c4c3)c2)cc1. The molecule has 188 valence electrons. The van der Waals surface area contributed by atoms with Crippen LogP contribution in [0.15, 0.2) is 110 Å². The number of fused-ring (bicyclic) bond motifs is 2. The number of aromatic amines is 2. The second kappa shape index (κ2) is 9.96. The number of H-pyrrole nitrogens is 2. The first-order valence-corrected chi connectivity index (χ1v) is 12.9. The lowest BCUT2D eigenvalue weighted by atomic mass is 10.0. The van der Waals surface area contributed by atoms with Gasteiger partial charge in [0.2, 0.25) is 0 Å². The van der Waals surface area contributed by atoms with Gasteiger partial charge in [0.15, 0.2) is 0 Å². The van der Waals surface area contributed by atoms with E-state index in [1.54, 1.807) is 6.20 Å². The monoisotopic (exact) mass is 507 g/mol. The molecule has 2 aromatic carbocycles. The van der Waals surface area contributed by atoms with Crippen molar-refractivity contribution in [1.82, 2.24) is 35.5 Å². The van der Waals surface area contributed by atoms with Gasteiger partial charge in [-0.25, -0.2) is 0 Å². The average molecular weight is 508 g/mol. The molecule has 7 nitrogen and oxygen atoms in total. The zero-order valence-corrected chi connectivity index (χ0v) is 21.1. The molecule has 0 radical (unpaired) electrons. The predicted molar refractivity (Wildman–Crippen MR) is 155 cm³/mol. The smallest absolute Gasteiger partial charge is 0.116 e. The molecule has 0 saturated heterocycles. The summed E-state index contributed by atoms with van der Waals surface area (Å²) in [6.45, 7) is 1.56. The van der Waals surface area contributed by atoms with Crippen molar-refractivity contribution in [2.75, 3.05) is 0 Å². The van der Waals surface area contributed by atoms with Gasteiger partial charge in [-0.3, -0.25) is 20.1 Å². The highest BCUT2D eigenvalue weighted by Gasteiger charge is 2.15. The standard InChI is InChI=1S/C32H25N7/c1-2-6-21(7-3-1)17-33-18-22-14-24(20-34-19-22)23-9-10-28-25(15-23)32(39-38-28)30-16-26-27(37-30)11-13-36-31(26)29-8-4-5-12-35-29/h1-16,19-20,33,37H,17-18H2,(H,38,39). The van der Waals surface area contributed by atoms with Gasteiger partial charge in [0.1, 0.15) is 5.69 Å². The van der Waals surface area contributed by atoms with Crippen molar-refractivity contribution < 1.29 is 0 Å². The van der Waals surface area contributed by atoms with Crippen LogP contribution in [0.1, 0.15) is 11.1 Å². The lowest BCUT2D eigenvalue weighted by Crippen LogP contribution is -2.12. The van der Waals surface area contributed by atoms with E-state index >= 15 is 0 Å². The number of aromatic nitrogens is 6. The number of nitrogens with one attached hydrogen (secondary N) is 3. The first-order valence-electron chi connectivity index (χ1n) is 12.9. The Balaban J connectivity index is 1.20. The minimum atomic E-state index is 0.747. The summed E-state index contributed by atoms with van der Waals surface area (Å²) in [5, 5.41) is 13.4. The van der Waals surface area contributed by atoms with E-state index in [0.29, 0.717) is 0 Å². The number of rotatable bonds is 7. The Morgan fingerprint density at radius 2 is 1.51 bits per heavy atom. The maximum atomic E-state index is 4.67. The Bertz CT molecular complexity index is 1890. The zero-order valence-electron chi connectivity index (χ0n) is 21.1. The van der Waals surface area contributed by atoms with Gasteiger partial charge in [0.25, 0.3) is 0 Å². The summed E-state index contributed by atoms with van der Waals surface area (Å²) >= 11 is 0. The molecular formula is C32H25N7. The molecule has 3 N–H and O–H groups in total. The van der Waals surface area contributed by atoms with Gasteiger partial charge in [-0.2, -0.15) is 5.10 Å². The van der Waals surface area contributed by atoms with Gasteiger partial charge in [0.05, 0.1) is 22.6 Å². The average Bonchev–Trinajstić information content (AvgIpc) is 3.62. The van der Waals surface area contributed by atoms with Crippen LogP contribution in [0.25, 0.3) is 55.7 Å². The fourth-order valence-electron chi connectivity index (χ4n) is 4.98. The molecule has 0 amide bonds. The minimum Gasteiger partial charge on any atom is -0.353 e. The fraction of sp³-hybridized carbons (Fsp3) is 0.0625. The molecule has 0 unspecified atom stereocenters. The van der Waals surface area contributed by atoms with Gasteiger partial charge in [-0.15, -0.1) is 0 Å². The predicted octanol–water partition coefficient (Wildman–Crippen LogP) is 6.52. The highest BCUT2D eigenvalue weighted by atomic mass is 15.1. The van der Waals surface area contributed by atoms with E-state index in [1.807, 2.05) is 48.9 Å². The molecule has 7 heteroatoms. The molecule has 39 heavy (non-hydrogen) atoms. The van der Waals surface area contributed by atoms with Gasteiger partial charge >= 0.3 is 0 Å². The largest absolute Gasteiger partial charge is 0.353 e.